The van der Waals surface area contributed by atoms with Crippen molar-refractivity contribution >= 4 is 15.2 Å². The number of unbranched alkanes of at least 4 members (excludes halogenated alkanes) is 15. The van der Waals surface area contributed by atoms with Gasteiger partial charge in [-0.05, 0) is 33.6 Å². The molecule has 0 amide bonds. The smallest absolute Gasteiger partial charge is 0.344 e. The zero-order valence-electron chi connectivity index (χ0n) is 30.4. The highest BCUT2D eigenvalue weighted by molar-refractivity contribution is 7.54. The van der Waals surface area contributed by atoms with Crippen molar-refractivity contribution in [2.75, 3.05) is 80.3 Å². The summed E-state index contributed by atoms with van der Waals surface area (Å²) in [6, 6.07) is 0. The molecule has 0 fully saturated rings. The first-order valence-corrected chi connectivity index (χ1v) is 21.2. The Hall–Kier alpha value is 0.180. The Labute approximate surface area is 273 Å². The molecule has 9 nitrogen and oxygen atoms in total. The molecule has 1 N–H and O–H groups in total. The largest absolute Gasteiger partial charge is 0.400 e. The molecule has 268 valence electrons. The SMILES string of the molecule is CCCCCCCCCCCCCCCCCC[N+](C)(C)CCCN(CP(=O)(OC)OCC)CP(=O)(OCC)OCC.CO. The van der Waals surface area contributed by atoms with Gasteiger partial charge in [0.05, 0.1) is 47.0 Å². The fraction of sp³-hybridized carbons (Fsp3) is 1.00. The normalized spacial score (nSPS) is 13.6. The summed E-state index contributed by atoms with van der Waals surface area (Å²) in [5.41, 5.74) is 0. The first kappa shape index (κ1) is 46.3. The minimum Gasteiger partial charge on any atom is -0.400 e. The monoisotopic (exact) mass is 674 g/mol. The minimum atomic E-state index is -3.33. The molecule has 0 spiro atoms. The van der Waals surface area contributed by atoms with Crippen LogP contribution < -0.4 is 0 Å². The zero-order valence-corrected chi connectivity index (χ0v) is 32.2. The van der Waals surface area contributed by atoms with E-state index in [9.17, 15) is 9.13 Å². The third-order valence-corrected chi connectivity index (χ3v) is 11.9. The van der Waals surface area contributed by atoms with Crippen molar-refractivity contribution in [1.29, 1.82) is 0 Å². The third kappa shape index (κ3) is 27.3. The van der Waals surface area contributed by atoms with E-state index in [1.165, 1.54) is 110 Å². The van der Waals surface area contributed by atoms with Crippen LogP contribution in [0.15, 0.2) is 0 Å². The fourth-order valence-corrected chi connectivity index (χ4v) is 8.80. The van der Waals surface area contributed by atoms with E-state index in [1.54, 1.807) is 20.8 Å². The number of aliphatic hydroxyl groups excluding tert-OH is 1. The summed E-state index contributed by atoms with van der Waals surface area (Å²) < 4.78 is 49.0. The lowest BCUT2D eigenvalue weighted by Gasteiger charge is -2.32. The van der Waals surface area contributed by atoms with Crippen molar-refractivity contribution in [3.63, 3.8) is 0 Å². The summed E-state index contributed by atoms with van der Waals surface area (Å²) in [5, 5.41) is 7.00. The lowest BCUT2D eigenvalue weighted by molar-refractivity contribution is -0.890. The second kappa shape index (κ2) is 30.5. The molecule has 0 saturated carbocycles. The van der Waals surface area contributed by atoms with Crippen LogP contribution in [-0.4, -0.2) is 94.8 Å². The Kier molecular flexibility index (Phi) is 32.1. The van der Waals surface area contributed by atoms with Gasteiger partial charge in [0.1, 0.15) is 12.6 Å². The third-order valence-electron chi connectivity index (χ3n) is 7.86. The molecular formula is C33H75N2O7P2+. The summed E-state index contributed by atoms with van der Waals surface area (Å²) in [6.45, 7) is 11.3. The van der Waals surface area contributed by atoms with E-state index >= 15 is 0 Å². The molecule has 0 saturated heterocycles. The molecule has 0 aromatic heterocycles. The van der Waals surface area contributed by atoms with Gasteiger partial charge >= 0.3 is 15.2 Å². The van der Waals surface area contributed by atoms with E-state index in [4.69, 9.17) is 23.2 Å². The Morgan fingerprint density at radius 2 is 0.886 bits per heavy atom. The van der Waals surface area contributed by atoms with E-state index in [0.29, 0.717) is 19.8 Å². The van der Waals surface area contributed by atoms with Crippen molar-refractivity contribution < 1.29 is 36.8 Å². The first-order valence-electron chi connectivity index (χ1n) is 17.8. The molecule has 0 aromatic rings. The lowest BCUT2D eigenvalue weighted by atomic mass is 10.0. The van der Waals surface area contributed by atoms with Crippen LogP contribution in [0, 0.1) is 0 Å². The van der Waals surface area contributed by atoms with Crippen molar-refractivity contribution in [3.05, 3.63) is 0 Å². The van der Waals surface area contributed by atoms with Crippen molar-refractivity contribution in [2.24, 2.45) is 0 Å². The standard InChI is InChI=1S/C32H71N2O6P2.CH4O/c1-8-12-13-14-15-16-17-18-19-20-21-22-23-24-25-26-29-34(5,6)30-27-28-33(31-41(35,37-7)38-9-2)32-42(36,39-10-3)40-11-4;1-2/h8-32H2,1-7H3;2H,1H3/q+1;. The van der Waals surface area contributed by atoms with Crippen molar-refractivity contribution in [2.45, 2.75) is 137 Å². The van der Waals surface area contributed by atoms with Gasteiger partial charge in [-0.3, -0.25) is 14.0 Å². The van der Waals surface area contributed by atoms with E-state index in [-0.39, 0.29) is 19.2 Å². The summed E-state index contributed by atoms with van der Waals surface area (Å²) in [7, 11) is 0.307. The summed E-state index contributed by atoms with van der Waals surface area (Å²) in [6.07, 6.45) is 23.2. The maximum Gasteiger partial charge on any atom is 0.344 e. The van der Waals surface area contributed by atoms with Crippen LogP contribution >= 0.6 is 15.2 Å². The Morgan fingerprint density at radius 3 is 1.27 bits per heavy atom. The highest BCUT2D eigenvalue weighted by atomic mass is 31.2. The van der Waals surface area contributed by atoms with Gasteiger partial charge < -0.3 is 27.7 Å². The van der Waals surface area contributed by atoms with Gasteiger partial charge in [-0.2, -0.15) is 0 Å². The van der Waals surface area contributed by atoms with E-state index in [1.807, 2.05) is 4.90 Å². The molecule has 0 radical (unpaired) electrons. The quantitative estimate of drug-likeness (QED) is 0.0429. The molecule has 0 aliphatic rings. The molecule has 0 bridgehead atoms. The highest BCUT2D eigenvalue weighted by Crippen LogP contribution is 2.52. The molecule has 0 aliphatic carbocycles. The average Bonchev–Trinajstić information content (AvgIpc) is 2.98. The highest BCUT2D eigenvalue weighted by Gasteiger charge is 2.33. The summed E-state index contributed by atoms with van der Waals surface area (Å²) in [5.74, 6) is 0. The second-order valence-electron chi connectivity index (χ2n) is 12.4. The Morgan fingerprint density at radius 1 is 0.545 bits per heavy atom. The number of rotatable bonds is 32. The molecule has 0 rings (SSSR count). The molecular weight excluding hydrogens is 598 g/mol. The minimum absolute atomic E-state index is 0.0635. The van der Waals surface area contributed by atoms with Gasteiger partial charge in [-0.15, -0.1) is 0 Å². The van der Waals surface area contributed by atoms with Crippen molar-refractivity contribution in [1.82, 2.24) is 4.90 Å². The maximum atomic E-state index is 13.2. The van der Waals surface area contributed by atoms with E-state index < -0.39 is 15.2 Å². The van der Waals surface area contributed by atoms with Crippen LogP contribution in [0.25, 0.3) is 0 Å². The van der Waals surface area contributed by atoms with Crippen LogP contribution in [0.4, 0.5) is 0 Å². The molecule has 44 heavy (non-hydrogen) atoms. The number of nitrogens with zero attached hydrogens (tertiary/aromatic N) is 2. The Bertz CT molecular complexity index is 704. The van der Waals surface area contributed by atoms with Crippen molar-refractivity contribution in [3.8, 4) is 0 Å². The molecule has 1 unspecified atom stereocenters. The number of aliphatic hydroxyl groups is 1. The summed E-state index contributed by atoms with van der Waals surface area (Å²) in [4.78, 5) is 1.88. The van der Waals surface area contributed by atoms with Gasteiger partial charge in [0, 0.05) is 27.2 Å². The topological polar surface area (TPSA) is 94.5 Å². The van der Waals surface area contributed by atoms with Crippen LogP contribution in [-0.2, 0) is 27.2 Å². The van der Waals surface area contributed by atoms with Crippen LogP contribution in [0.3, 0.4) is 0 Å². The summed E-state index contributed by atoms with van der Waals surface area (Å²) >= 11 is 0. The van der Waals surface area contributed by atoms with Crippen LogP contribution in [0.5, 0.6) is 0 Å². The van der Waals surface area contributed by atoms with Gasteiger partial charge in [0.15, 0.2) is 0 Å². The van der Waals surface area contributed by atoms with Gasteiger partial charge in [-0.25, -0.2) is 0 Å². The predicted octanol–water partition coefficient (Wildman–Crippen LogP) is 9.68. The fourth-order valence-electron chi connectivity index (χ4n) is 5.46. The number of hydrogen-bond donors (Lipinski definition) is 1. The molecule has 0 heterocycles. The first-order chi connectivity index (χ1) is 21.1. The number of quaternary nitrogens is 1. The molecule has 1 atom stereocenters. The number of hydrogen-bond acceptors (Lipinski definition) is 8. The zero-order chi connectivity index (χ0) is 33.6. The van der Waals surface area contributed by atoms with Crippen LogP contribution in [0.1, 0.15) is 137 Å². The van der Waals surface area contributed by atoms with E-state index in [0.717, 1.165) is 31.1 Å². The maximum absolute atomic E-state index is 13.2. The molecule has 11 heteroatoms. The lowest BCUT2D eigenvalue weighted by Crippen LogP contribution is -2.42. The predicted molar refractivity (Wildman–Crippen MR) is 188 cm³/mol. The van der Waals surface area contributed by atoms with E-state index in [2.05, 4.69) is 21.0 Å². The average molecular weight is 674 g/mol. The Balaban J connectivity index is 0. The van der Waals surface area contributed by atoms with Crippen LogP contribution in [0.2, 0.25) is 0 Å². The molecule has 0 aliphatic heterocycles. The van der Waals surface area contributed by atoms with Gasteiger partial charge in [-0.1, -0.05) is 96.8 Å². The van der Waals surface area contributed by atoms with Gasteiger partial charge in [0.25, 0.3) is 0 Å². The van der Waals surface area contributed by atoms with Gasteiger partial charge in [0.2, 0.25) is 0 Å². The molecule has 0 aromatic carbocycles. The second-order valence-corrected chi connectivity index (χ2v) is 16.5.